The molecule has 1 aliphatic heterocycles. The average Bonchev–Trinajstić information content (AvgIpc) is 3.23. The number of aliphatic hydroxyl groups is 1. The van der Waals surface area contributed by atoms with Crippen LogP contribution in [0.4, 0.5) is 0 Å². The van der Waals surface area contributed by atoms with Crippen molar-refractivity contribution in [3.63, 3.8) is 0 Å². The standard InChI is InChI=1S/C23H27N3O3S2/c1-14-20(13-30-23-26-25-15(2)31-23)28-22(19-9-3-16(11-24)4-10-19)29-21(14)18-7-5-17(12-27)6-8-18/h3-10,14,20-22,27H,11-13,24H2,1-2H3/t14-,20+,21+,22+/m1/s1. The Hall–Kier alpha value is -1.81. The lowest BCUT2D eigenvalue weighted by molar-refractivity contribution is -0.268. The summed E-state index contributed by atoms with van der Waals surface area (Å²) in [4.78, 5) is 0. The maximum Gasteiger partial charge on any atom is 0.184 e. The SMILES string of the molecule is Cc1nnc(SC[C@@H]2O[C@H](c3ccc(CN)cc3)O[C@H](c3ccc(CO)cc3)[C@@H]2C)s1. The zero-order valence-corrected chi connectivity index (χ0v) is 19.2. The number of hydrogen-bond acceptors (Lipinski definition) is 8. The Morgan fingerprint density at radius 3 is 2.29 bits per heavy atom. The number of aliphatic hydroxyl groups excluding tert-OH is 1. The van der Waals surface area contributed by atoms with Crippen LogP contribution in [0.5, 0.6) is 0 Å². The molecule has 8 heteroatoms. The van der Waals surface area contributed by atoms with Crippen molar-refractivity contribution in [2.75, 3.05) is 5.75 Å². The molecule has 4 rings (SSSR count). The maximum atomic E-state index is 9.37. The Labute approximate surface area is 190 Å². The van der Waals surface area contributed by atoms with Gasteiger partial charge in [0.25, 0.3) is 0 Å². The van der Waals surface area contributed by atoms with Gasteiger partial charge < -0.3 is 20.3 Å². The van der Waals surface area contributed by atoms with Crippen molar-refractivity contribution in [3.05, 3.63) is 75.8 Å². The highest BCUT2D eigenvalue weighted by Gasteiger charge is 2.38. The third-order valence-corrected chi connectivity index (χ3v) is 7.55. The highest BCUT2D eigenvalue weighted by Crippen LogP contribution is 2.43. The van der Waals surface area contributed by atoms with Crippen molar-refractivity contribution in [2.45, 2.75) is 49.8 Å². The van der Waals surface area contributed by atoms with E-state index in [-0.39, 0.29) is 24.7 Å². The summed E-state index contributed by atoms with van der Waals surface area (Å²) in [6.45, 7) is 4.66. The third-order valence-electron chi connectivity index (χ3n) is 5.49. The number of aromatic nitrogens is 2. The molecule has 0 spiro atoms. The fourth-order valence-corrected chi connectivity index (χ4v) is 5.62. The van der Waals surface area contributed by atoms with E-state index in [2.05, 4.69) is 17.1 Å². The van der Waals surface area contributed by atoms with Crippen molar-refractivity contribution in [1.29, 1.82) is 0 Å². The zero-order chi connectivity index (χ0) is 21.8. The van der Waals surface area contributed by atoms with E-state index < -0.39 is 6.29 Å². The molecule has 1 fully saturated rings. The predicted octanol–water partition coefficient (Wildman–Crippen LogP) is 4.38. The van der Waals surface area contributed by atoms with Crippen LogP contribution in [0.1, 0.15) is 46.6 Å². The van der Waals surface area contributed by atoms with Crippen LogP contribution < -0.4 is 5.73 Å². The van der Waals surface area contributed by atoms with Gasteiger partial charge in [0.2, 0.25) is 0 Å². The zero-order valence-electron chi connectivity index (χ0n) is 17.6. The van der Waals surface area contributed by atoms with Crippen molar-refractivity contribution < 1.29 is 14.6 Å². The number of hydrogen-bond donors (Lipinski definition) is 2. The van der Waals surface area contributed by atoms with Crippen molar-refractivity contribution in [1.82, 2.24) is 10.2 Å². The van der Waals surface area contributed by atoms with Gasteiger partial charge in [-0.1, -0.05) is 78.6 Å². The molecule has 1 aromatic heterocycles. The Morgan fingerprint density at radius 2 is 1.68 bits per heavy atom. The molecule has 2 heterocycles. The smallest absolute Gasteiger partial charge is 0.184 e. The van der Waals surface area contributed by atoms with E-state index in [1.54, 1.807) is 23.1 Å². The normalized spacial score (nSPS) is 23.7. The number of rotatable bonds is 7. The van der Waals surface area contributed by atoms with Gasteiger partial charge in [-0.3, -0.25) is 0 Å². The summed E-state index contributed by atoms with van der Waals surface area (Å²) in [5, 5.41) is 18.7. The lowest BCUT2D eigenvalue weighted by Gasteiger charge is -2.41. The minimum absolute atomic E-state index is 0.0235. The molecule has 1 aliphatic rings. The minimum Gasteiger partial charge on any atom is -0.392 e. The van der Waals surface area contributed by atoms with Crippen molar-refractivity contribution in [2.24, 2.45) is 11.7 Å². The molecule has 0 saturated carbocycles. The quantitative estimate of drug-likeness (QED) is 0.509. The second-order valence-electron chi connectivity index (χ2n) is 7.67. The number of aryl methyl sites for hydroxylation is 1. The van der Waals surface area contributed by atoms with E-state index >= 15 is 0 Å². The summed E-state index contributed by atoms with van der Waals surface area (Å²) in [6, 6.07) is 16.0. The summed E-state index contributed by atoms with van der Waals surface area (Å²) in [5.74, 6) is 0.906. The molecule has 0 unspecified atom stereocenters. The Kier molecular flexibility index (Phi) is 7.37. The summed E-state index contributed by atoms with van der Waals surface area (Å²) in [5.41, 5.74) is 9.76. The fourth-order valence-electron chi connectivity index (χ4n) is 3.61. The van der Waals surface area contributed by atoms with Crippen LogP contribution in [-0.4, -0.2) is 27.2 Å². The molecule has 0 bridgehead atoms. The van der Waals surface area contributed by atoms with Gasteiger partial charge in [-0.15, -0.1) is 10.2 Å². The van der Waals surface area contributed by atoms with E-state index in [1.807, 2.05) is 55.5 Å². The lowest BCUT2D eigenvalue weighted by Crippen LogP contribution is -2.38. The summed E-state index contributed by atoms with van der Waals surface area (Å²) in [6.07, 6.45) is -0.612. The Bertz CT molecular complexity index is 978. The molecule has 1 saturated heterocycles. The molecular formula is C23H27N3O3S2. The summed E-state index contributed by atoms with van der Waals surface area (Å²) >= 11 is 3.27. The highest BCUT2D eigenvalue weighted by molar-refractivity contribution is 8.01. The first kappa shape index (κ1) is 22.4. The number of thioether (sulfide) groups is 1. The predicted molar refractivity (Wildman–Crippen MR) is 123 cm³/mol. The molecule has 0 radical (unpaired) electrons. The lowest BCUT2D eigenvalue weighted by atomic mass is 9.91. The van der Waals surface area contributed by atoms with E-state index in [0.29, 0.717) is 6.54 Å². The molecule has 3 N–H and O–H groups in total. The second-order valence-corrected chi connectivity index (χ2v) is 10.1. The maximum absolute atomic E-state index is 9.37. The van der Waals surface area contributed by atoms with Crippen molar-refractivity contribution >= 4 is 23.1 Å². The third kappa shape index (κ3) is 5.34. The van der Waals surface area contributed by atoms with E-state index in [9.17, 15) is 5.11 Å². The number of ether oxygens (including phenoxy) is 2. The summed E-state index contributed by atoms with van der Waals surface area (Å²) < 4.78 is 13.8. The van der Waals surface area contributed by atoms with Gasteiger partial charge in [0.1, 0.15) is 5.01 Å². The minimum atomic E-state index is -0.465. The number of nitrogens with two attached hydrogens (primary N) is 1. The van der Waals surface area contributed by atoms with E-state index in [4.69, 9.17) is 15.2 Å². The molecule has 0 aliphatic carbocycles. The Morgan fingerprint density at radius 1 is 1.00 bits per heavy atom. The van der Waals surface area contributed by atoms with Gasteiger partial charge in [-0.25, -0.2) is 0 Å². The van der Waals surface area contributed by atoms with E-state index in [0.717, 1.165) is 37.4 Å². The van der Waals surface area contributed by atoms with Crippen LogP contribution in [0.25, 0.3) is 0 Å². The van der Waals surface area contributed by atoms with Crippen LogP contribution in [0.3, 0.4) is 0 Å². The molecular weight excluding hydrogens is 430 g/mol. The van der Waals surface area contributed by atoms with Crippen LogP contribution in [0.15, 0.2) is 52.9 Å². The van der Waals surface area contributed by atoms with Gasteiger partial charge in [0.05, 0.1) is 18.8 Å². The van der Waals surface area contributed by atoms with Crippen LogP contribution in [0, 0.1) is 12.8 Å². The molecule has 6 nitrogen and oxygen atoms in total. The Balaban J connectivity index is 1.57. The van der Waals surface area contributed by atoms with Gasteiger partial charge in [-0.2, -0.15) is 0 Å². The first-order valence-electron chi connectivity index (χ1n) is 10.3. The second kappa shape index (κ2) is 10.2. The fraction of sp³-hybridized carbons (Fsp3) is 0.391. The van der Waals surface area contributed by atoms with E-state index in [1.165, 1.54) is 0 Å². The van der Waals surface area contributed by atoms with Crippen LogP contribution >= 0.6 is 23.1 Å². The van der Waals surface area contributed by atoms with Gasteiger partial charge in [0, 0.05) is 23.8 Å². The molecule has 31 heavy (non-hydrogen) atoms. The highest BCUT2D eigenvalue weighted by atomic mass is 32.2. The molecule has 4 atom stereocenters. The first-order chi connectivity index (χ1) is 15.1. The van der Waals surface area contributed by atoms with Gasteiger partial charge in [-0.05, 0) is 23.6 Å². The molecule has 2 aromatic carbocycles. The average molecular weight is 458 g/mol. The van der Waals surface area contributed by atoms with Crippen LogP contribution in [-0.2, 0) is 22.6 Å². The van der Waals surface area contributed by atoms with Gasteiger partial charge in [0.15, 0.2) is 10.6 Å². The molecule has 3 aromatic rings. The number of nitrogens with zero attached hydrogens (tertiary/aromatic N) is 2. The molecule has 164 valence electrons. The van der Waals surface area contributed by atoms with Crippen LogP contribution in [0.2, 0.25) is 0 Å². The largest absolute Gasteiger partial charge is 0.392 e. The first-order valence-corrected chi connectivity index (χ1v) is 12.1. The topological polar surface area (TPSA) is 90.5 Å². The molecule has 0 amide bonds. The number of benzene rings is 2. The summed E-state index contributed by atoms with van der Waals surface area (Å²) in [7, 11) is 0. The van der Waals surface area contributed by atoms with Crippen molar-refractivity contribution in [3.8, 4) is 0 Å². The monoisotopic (exact) mass is 457 g/mol. The van der Waals surface area contributed by atoms with Gasteiger partial charge >= 0.3 is 0 Å².